The Labute approximate surface area is 295 Å². The van der Waals surface area contributed by atoms with Crippen LogP contribution in [-0.2, 0) is 37.0 Å². The third-order valence-electron chi connectivity index (χ3n) is 9.34. The highest BCUT2D eigenvalue weighted by Gasteiger charge is 2.41. The number of imide groups is 1. The van der Waals surface area contributed by atoms with E-state index in [2.05, 4.69) is 25.1 Å². The van der Waals surface area contributed by atoms with Crippen molar-refractivity contribution in [2.75, 3.05) is 42.5 Å². The Hall–Kier alpha value is -5.21. The molecule has 2 N–H and O–H groups in total. The van der Waals surface area contributed by atoms with Gasteiger partial charge in [-0.1, -0.05) is 66.7 Å². The third kappa shape index (κ3) is 8.24. The minimum Gasteiger partial charge on any atom is -0.445 e. The van der Waals surface area contributed by atoms with Gasteiger partial charge in [0.2, 0.25) is 11.9 Å². The summed E-state index contributed by atoms with van der Waals surface area (Å²) in [4.78, 5) is 53.5. The molecule has 3 fully saturated rings. The predicted octanol–water partition coefficient (Wildman–Crippen LogP) is 3.89. The number of aliphatic hydroxyl groups excluding tert-OH is 1. The van der Waals surface area contributed by atoms with E-state index in [0.717, 1.165) is 53.7 Å². The minimum atomic E-state index is -1.05. The quantitative estimate of drug-likeness (QED) is 0.234. The lowest BCUT2D eigenvalue weighted by Crippen LogP contribution is -2.50. The number of aliphatic hydroxyl groups is 1. The van der Waals surface area contributed by atoms with E-state index < -0.39 is 30.2 Å². The van der Waals surface area contributed by atoms with Crippen molar-refractivity contribution in [2.45, 2.75) is 50.6 Å². The van der Waals surface area contributed by atoms with Crippen LogP contribution < -0.4 is 15.1 Å². The molecule has 3 aromatic carbocycles. The Kier molecular flexibility index (Phi) is 10.6. The molecule has 51 heavy (non-hydrogen) atoms. The Balaban J connectivity index is 1.04. The number of anilines is 2. The molecule has 7 rings (SSSR count). The minimum absolute atomic E-state index is 0.0428. The molecule has 4 heterocycles. The van der Waals surface area contributed by atoms with Crippen LogP contribution in [0.5, 0.6) is 0 Å². The van der Waals surface area contributed by atoms with Gasteiger partial charge in [0.05, 0.1) is 30.9 Å². The Morgan fingerprint density at radius 2 is 1.63 bits per heavy atom. The molecule has 1 aromatic heterocycles. The van der Waals surface area contributed by atoms with E-state index in [1.54, 1.807) is 30.6 Å². The highest BCUT2D eigenvalue weighted by molar-refractivity contribution is 6.22. The van der Waals surface area contributed by atoms with E-state index >= 15 is 0 Å². The maximum absolute atomic E-state index is 13.4. The number of carbonyl (C=O) groups excluding carboxylic acids is 3. The van der Waals surface area contributed by atoms with Crippen LogP contribution in [0.2, 0.25) is 0 Å². The average molecular weight is 693 g/mol. The number of alkyl carbamates (subject to hydrolysis) is 1. The van der Waals surface area contributed by atoms with Gasteiger partial charge in [0.25, 0.3) is 5.91 Å². The van der Waals surface area contributed by atoms with Gasteiger partial charge in [0.1, 0.15) is 12.6 Å². The summed E-state index contributed by atoms with van der Waals surface area (Å²) in [6.45, 7) is 3.91. The molecular formula is C38H40N6O7. The average Bonchev–Trinajstić information content (AvgIpc) is 3.46. The van der Waals surface area contributed by atoms with Crippen molar-refractivity contribution in [1.82, 2.24) is 20.2 Å². The summed E-state index contributed by atoms with van der Waals surface area (Å²) < 4.78 is 18.4. The summed E-state index contributed by atoms with van der Waals surface area (Å²) in [7, 11) is 0. The number of benzene rings is 3. The van der Waals surface area contributed by atoms with Crippen LogP contribution in [0, 0.1) is 0 Å². The second kappa shape index (κ2) is 15.8. The topological polar surface area (TPSA) is 147 Å². The fourth-order valence-corrected chi connectivity index (χ4v) is 6.64. The van der Waals surface area contributed by atoms with Crippen LogP contribution in [0.3, 0.4) is 0 Å². The fraction of sp³-hybridized carbons (Fsp3) is 0.342. The first-order valence-corrected chi connectivity index (χ1v) is 17.1. The largest absolute Gasteiger partial charge is 0.445 e. The molecule has 13 heteroatoms. The van der Waals surface area contributed by atoms with Crippen molar-refractivity contribution < 1.29 is 33.7 Å². The Morgan fingerprint density at radius 3 is 2.37 bits per heavy atom. The molecule has 13 nitrogen and oxygen atoms in total. The summed E-state index contributed by atoms with van der Waals surface area (Å²) in [5, 5.41) is 12.1. The Morgan fingerprint density at radius 1 is 0.863 bits per heavy atom. The molecule has 0 aliphatic carbocycles. The van der Waals surface area contributed by atoms with Crippen molar-refractivity contribution >= 4 is 29.5 Å². The summed E-state index contributed by atoms with van der Waals surface area (Å²) in [6.07, 6.45) is 1.91. The second-order valence-electron chi connectivity index (χ2n) is 12.8. The van der Waals surface area contributed by atoms with Crippen LogP contribution in [-0.4, -0.2) is 82.8 Å². The number of piperazine rings is 1. The maximum Gasteiger partial charge on any atom is 0.408 e. The summed E-state index contributed by atoms with van der Waals surface area (Å²) >= 11 is 0. The van der Waals surface area contributed by atoms with Gasteiger partial charge in [-0.15, -0.1) is 0 Å². The lowest BCUT2D eigenvalue weighted by Gasteiger charge is -2.40. The van der Waals surface area contributed by atoms with Gasteiger partial charge in [-0.05, 0) is 34.9 Å². The van der Waals surface area contributed by atoms with Gasteiger partial charge in [0, 0.05) is 57.1 Å². The molecular weight excluding hydrogens is 652 g/mol. The molecule has 1 unspecified atom stereocenters. The molecule has 3 aliphatic heterocycles. The molecule has 3 aliphatic rings. The normalized spacial score (nSPS) is 22.6. The molecule has 0 radical (unpaired) electrons. The number of hydrogen-bond donors (Lipinski definition) is 2. The molecule has 4 atom stereocenters. The molecule has 4 aromatic rings. The molecule has 3 saturated heterocycles. The number of ether oxygens (including phenoxy) is 3. The van der Waals surface area contributed by atoms with E-state index in [1.165, 1.54) is 0 Å². The molecule has 0 saturated carbocycles. The van der Waals surface area contributed by atoms with Crippen LogP contribution in [0.1, 0.15) is 47.5 Å². The van der Waals surface area contributed by atoms with E-state index in [-0.39, 0.29) is 31.8 Å². The molecule has 0 bridgehead atoms. The van der Waals surface area contributed by atoms with Gasteiger partial charge in [-0.2, -0.15) is 0 Å². The number of aromatic nitrogens is 2. The van der Waals surface area contributed by atoms with Gasteiger partial charge in [-0.3, -0.25) is 14.5 Å². The lowest BCUT2D eigenvalue weighted by molar-refractivity contribution is -0.253. The van der Waals surface area contributed by atoms with Crippen molar-refractivity contribution in [2.24, 2.45) is 0 Å². The van der Waals surface area contributed by atoms with E-state index in [9.17, 15) is 19.5 Å². The molecule has 264 valence electrons. The summed E-state index contributed by atoms with van der Waals surface area (Å²) in [6, 6.07) is 24.7. The molecule has 0 spiro atoms. The predicted molar refractivity (Wildman–Crippen MR) is 186 cm³/mol. The first-order chi connectivity index (χ1) is 24.9. The monoisotopic (exact) mass is 692 g/mol. The van der Waals surface area contributed by atoms with Crippen LogP contribution in [0.15, 0.2) is 97.3 Å². The number of amides is 3. The van der Waals surface area contributed by atoms with Crippen LogP contribution >= 0.6 is 0 Å². The zero-order valence-electron chi connectivity index (χ0n) is 28.0. The van der Waals surface area contributed by atoms with Crippen molar-refractivity contribution in [3.8, 4) is 0 Å². The first kappa shape index (κ1) is 34.2. The number of carbonyl (C=O) groups is 3. The van der Waals surface area contributed by atoms with Crippen LogP contribution in [0.4, 0.5) is 16.4 Å². The van der Waals surface area contributed by atoms with Gasteiger partial charge in [-0.25, -0.2) is 19.7 Å². The molecule has 3 amide bonds. The van der Waals surface area contributed by atoms with E-state index in [4.69, 9.17) is 14.2 Å². The van der Waals surface area contributed by atoms with Gasteiger partial charge >= 0.3 is 6.09 Å². The van der Waals surface area contributed by atoms with Crippen molar-refractivity contribution in [1.29, 1.82) is 0 Å². The van der Waals surface area contributed by atoms with Crippen LogP contribution in [0.25, 0.3) is 0 Å². The van der Waals surface area contributed by atoms with Crippen molar-refractivity contribution in [3.05, 3.63) is 120 Å². The number of rotatable bonds is 10. The van der Waals surface area contributed by atoms with Gasteiger partial charge in [0.15, 0.2) is 6.29 Å². The summed E-state index contributed by atoms with van der Waals surface area (Å²) in [5.41, 5.74) is 3.59. The second-order valence-corrected chi connectivity index (χ2v) is 12.8. The number of hydrogen-bond acceptors (Lipinski definition) is 11. The zero-order chi connectivity index (χ0) is 35.2. The third-order valence-corrected chi connectivity index (χ3v) is 9.34. The SMILES string of the molecule is O=C(NC1CC(=O)N(c2cccc([C@H]3O[C@@H](CN4CCN(c5ncccn5)CC4)C[C@@H](c4ccc(CO)cc4)O3)c2)C1=O)OCc1ccccc1. The fourth-order valence-electron chi connectivity index (χ4n) is 6.64. The smallest absolute Gasteiger partial charge is 0.408 e. The number of nitrogens with zero attached hydrogens (tertiary/aromatic N) is 5. The number of nitrogens with one attached hydrogen (secondary N) is 1. The highest BCUT2D eigenvalue weighted by atomic mass is 16.7. The first-order valence-electron chi connectivity index (χ1n) is 17.1. The Bertz CT molecular complexity index is 1800. The zero-order valence-corrected chi connectivity index (χ0v) is 28.0. The summed E-state index contributed by atoms with van der Waals surface area (Å²) in [5.74, 6) is -0.249. The van der Waals surface area contributed by atoms with E-state index in [1.807, 2.05) is 66.7 Å². The standard InChI is InChI=1S/C38H40N6O7/c45-24-26-10-12-28(13-11-26)33-21-31(23-42-16-18-43(19-17-42)37-39-14-5-15-40-37)50-36(51-33)29-8-4-9-30(20-29)44-34(46)22-32(35(44)47)41-38(48)49-25-27-6-2-1-3-7-27/h1-15,20,31-33,36,45H,16-19,21-25H2,(H,41,48)/t31-,32?,33+,36+/m1/s1. The maximum atomic E-state index is 13.4. The van der Waals surface area contributed by atoms with E-state index in [0.29, 0.717) is 24.2 Å². The van der Waals surface area contributed by atoms with Crippen molar-refractivity contribution in [3.63, 3.8) is 0 Å². The van der Waals surface area contributed by atoms with Gasteiger partial charge < -0.3 is 29.5 Å². The highest BCUT2D eigenvalue weighted by Crippen LogP contribution is 2.39. The lowest BCUT2D eigenvalue weighted by atomic mass is 9.99.